The molecule has 3 aromatic carbocycles. The molecular formula is C27H27N3O2. The minimum absolute atomic E-state index is 0.561. The first-order valence-electron chi connectivity index (χ1n) is 11.2. The van der Waals surface area contributed by atoms with Crippen molar-refractivity contribution in [2.45, 2.75) is 19.4 Å². The molecular weight excluding hydrogens is 398 g/mol. The molecule has 1 aliphatic heterocycles. The molecule has 1 saturated heterocycles. The maximum Gasteiger partial charge on any atom is 0.232 e. The van der Waals surface area contributed by atoms with Crippen LogP contribution in [0.2, 0.25) is 0 Å². The molecule has 0 saturated carbocycles. The first-order chi connectivity index (χ1) is 15.8. The van der Waals surface area contributed by atoms with Crippen molar-refractivity contribution in [2.75, 3.05) is 19.7 Å². The molecule has 4 aromatic rings. The lowest BCUT2D eigenvalue weighted by Crippen LogP contribution is -2.30. The number of fused-ring (bicyclic) bond motifs is 1. The van der Waals surface area contributed by atoms with Gasteiger partial charge in [-0.1, -0.05) is 48.5 Å². The number of ether oxygens (including phenoxy) is 2. The number of nitrogens with one attached hydrogen (secondary N) is 1. The van der Waals surface area contributed by atoms with Crippen LogP contribution < -0.4 is 14.8 Å². The van der Waals surface area contributed by atoms with Crippen LogP contribution >= 0.6 is 0 Å². The Morgan fingerprint density at radius 2 is 1.59 bits per heavy atom. The summed E-state index contributed by atoms with van der Waals surface area (Å²) in [5.74, 6) is 2.03. The maximum atomic E-state index is 5.96. The predicted octanol–water partition coefficient (Wildman–Crippen LogP) is 5.25. The molecule has 5 heteroatoms. The number of rotatable bonds is 7. The van der Waals surface area contributed by atoms with E-state index in [1.54, 1.807) is 6.20 Å². The van der Waals surface area contributed by atoms with Gasteiger partial charge >= 0.3 is 0 Å². The Kier molecular flexibility index (Phi) is 6.26. The van der Waals surface area contributed by atoms with E-state index in [0.29, 0.717) is 25.0 Å². The van der Waals surface area contributed by atoms with Crippen LogP contribution in [0.3, 0.4) is 0 Å². The fourth-order valence-electron chi connectivity index (χ4n) is 3.98. The quantitative estimate of drug-likeness (QED) is 0.438. The van der Waals surface area contributed by atoms with Gasteiger partial charge in [-0.2, -0.15) is 0 Å². The highest BCUT2D eigenvalue weighted by molar-refractivity contribution is 5.81. The van der Waals surface area contributed by atoms with Crippen molar-refractivity contribution in [1.82, 2.24) is 15.3 Å². The topological polar surface area (TPSA) is 56.3 Å². The van der Waals surface area contributed by atoms with Crippen molar-refractivity contribution in [3.05, 3.63) is 84.6 Å². The van der Waals surface area contributed by atoms with Gasteiger partial charge in [-0.05, 0) is 72.8 Å². The molecule has 162 valence electrons. The maximum absolute atomic E-state index is 5.96. The number of aromatic nitrogens is 2. The van der Waals surface area contributed by atoms with E-state index in [1.807, 2.05) is 36.4 Å². The van der Waals surface area contributed by atoms with Crippen LogP contribution in [0, 0.1) is 5.92 Å². The zero-order chi connectivity index (χ0) is 21.6. The lowest BCUT2D eigenvalue weighted by molar-refractivity contribution is 0.209. The molecule has 1 fully saturated rings. The van der Waals surface area contributed by atoms with Gasteiger partial charge < -0.3 is 14.8 Å². The summed E-state index contributed by atoms with van der Waals surface area (Å²) in [6.07, 6.45) is 4.02. The average Bonchev–Trinajstić information content (AvgIpc) is 2.87. The molecule has 0 aliphatic carbocycles. The van der Waals surface area contributed by atoms with E-state index in [0.717, 1.165) is 59.4 Å². The van der Waals surface area contributed by atoms with E-state index in [9.17, 15) is 0 Å². The van der Waals surface area contributed by atoms with Crippen LogP contribution in [0.4, 0.5) is 0 Å². The molecule has 1 aliphatic rings. The third-order valence-electron chi connectivity index (χ3n) is 5.88. The second kappa shape index (κ2) is 9.79. The lowest BCUT2D eigenvalue weighted by atomic mass is 9.99. The molecule has 5 rings (SSSR count). The van der Waals surface area contributed by atoms with Gasteiger partial charge in [0.25, 0.3) is 0 Å². The van der Waals surface area contributed by atoms with E-state index >= 15 is 0 Å². The Labute approximate surface area is 188 Å². The Morgan fingerprint density at radius 3 is 2.41 bits per heavy atom. The van der Waals surface area contributed by atoms with Crippen molar-refractivity contribution >= 4 is 11.0 Å². The van der Waals surface area contributed by atoms with Gasteiger partial charge in [-0.15, -0.1) is 0 Å². The van der Waals surface area contributed by atoms with Crippen molar-refractivity contribution in [3.63, 3.8) is 0 Å². The number of benzene rings is 3. The third kappa shape index (κ3) is 5.06. The number of nitrogens with zero attached hydrogens (tertiary/aromatic N) is 2. The van der Waals surface area contributed by atoms with Crippen LogP contribution in [0.1, 0.15) is 18.4 Å². The first-order valence-corrected chi connectivity index (χ1v) is 11.2. The van der Waals surface area contributed by atoms with Crippen molar-refractivity contribution in [3.8, 4) is 22.8 Å². The zero-order valence-electron chi connectivity index (χ0n) is 18.0. The fourth-order valence-corrected chi connectivity index (χ4v) is 3.98. The largest absolute Gasteiger partial charge is 0.489 e. The molecule has 5 nitrogen and oxygen atoms in total. The van der Waals surface area contributed by atoms with Gasteiger partial charge in [0.15, 0.2) is 0 Å². The summed E-state index contributed by atoms with van der Waals surface area (Å²) in [6.45, 7) is 3.39. The molecule has 0 amide bonds. The second-order valence-corrected chi connectivity index (χ2v) is 8.21. The van der Waals surface area contributed by atoms with Gasteiger partial charge in [-0.3, -0.25) is 0 Å². The van der Waals surface area contributed by atoms with E-state index in [-0.39, 0.29) is 0 Å². The van der Waals surface area contributed by atoms with Crippen LogP contribution in [0.25, 0.3) is 22.2 Å². The van der Waals surface area contributed by atoms with Crippen LogP contribution in [0.15, 0.2) is 79.0 Å². The molecule has 0 spiro atoms. The second-order valence-electron chi connectivity index (χ2n) is 8.21. The van der Waals surface area contributed by atoms with E-state index in [2.05, 4.69) is 46.7 Å². The van der Waals surface area contributed by atoms with Crippen LogP contribution in [0.5, 0.6) is 11.6 Å². The monoisotopic (exact) mass is 425 g/mol. The van der Waals surface area contributed by atoms with Crippen molar-refractivity contribution < 1.29 is 9.47 Å². The van der Waals surface area contributed by atoms with E-state index in [4.69, 9.17) is 14.5 Å². The minimum atomic E-state index is 0.561. The van der Waals surface area contributed by atoms with Gasteiger partial charge in [0.1, 0.15) is 12.4 Å². The fraction of sp³-hybridized carbons (Fsp3) is 0.259. The molecule has 1 N–H and O–H groups in total. The Balaban J connectivity index is 1.26. The summed E-state index contributed by atoms with van der Waals surface area (Å²) in [7, 11) is 0. The normalized spacial score (nSPS) is 14.4. The van der Waals surface area contributed by atoms with Crippen LogP contribution in [-0.2, 0) is 6.61 Å². The Morgan fingerprint density at radius 1 is 0.812 bits per heavy atom. The molecule has 1 aromatic heterocycles. The highest BCUT2D eigenvalue weighted by atomic mass is 16.5. The third-order valence-corrected chi connectivity index (χ3v) is 5.88. The summed E-state index contributed by atoms with van der Waals surface area (Å²) in [4.78, 5) is 9.23. The first kappa shape index (κ1) is 20.5. The number of hydrogen-bond donors (Lipinski definition) is 1. The zero-order valence-corrected chi connectivity index (χ0v) is 18.0. The SMILES string of the molecule is c1ccc(COc2ccc(-c3ccc4ncc(OCC5CCNCC5)nc4c3)cc2)cc1. The average molecular weight is 426 g/mol. The smallest absolute Gasteiger partial charge is 0.232 e. The highest BCUT2D eigenvalue weighted by Gasteiger charge is 2.14. The minimum Gasteiger partial charge on any atom is -0.489 e. The van der Waals surface area contributed by atoms with Gasteiger partial charge in [0.2, 0.25) is 5.88 Å². The van der Waals surface area contributed by atoms with Crippen molar-refractivity contribution in [1.29, 1.82) is 0 Å². The summed E-state index contributed by atoms with van der Waals surface area (Å²) in [6, 6.07) is 24.5. The molecule has 0 atom stereocenters. The summed E-state index contributed by atoms with van der Waals surface area (Å²) in [5.41, 5.74) is 5.07. The number of piperidine rings is 1. The van der Waals surface area contributed by atoms with Gasteiger partial charge in [0.05, 0.1) is 23.8 Å². The number of hydrogen-bond acceptors (Lipinski definition) is 5. The predicted molar refractivity (Wildman–Crippen MR) is 127 cm³/mol. The standard InChI is InChI=1S/C27H27N3O2/c1-2-4-20(5-3-1)18-31-24-9-6-22(7-10-24)23-8-11-25-26(16-23)30-27(17-29-25)32-19-21-12-14-28-15-13-21/h1-11,16-17,21,28H,12-15,18-19H2. The van der Waals surface area contributed by atoms with E-state index in [1.165, 1.54) is 0 Å². The summed E-state index contributed by atoms with van der Waals surface area (Å²) >= 11 is 0. The molecule has 0 radical (unpaired) electrons. The molecule has 0 unspecified atom stereocenters. The molecule has 0 bridgehead atoms. The van der Waals surface area contributed by atoms with E-state index < -0.39 is 0 Å². The highest BCUT2D eigenvalue weighted by Crippen LogP contribution is 2.26. The summed E-state index contributed by atoms with van der Waals surface area (Å²) < 4.78 is 11.9. The summed E-state index contributed by atoms with van der Waals surface area (Å²) in [5, 5.41) is 3.39. The molecule has 32 heavy (non-hydrogen) atoms. The van der Waals surface area contributed by atoms with Gasteiger partial charge in [0, 0.05) is 0 Å². The van der Waals surface area contributed by atoms with Gasteiger partial charge in [-0.25, -0.2) is 9.97 Å². The lowest BCUT2D eigenvalue weighted by Gasteiger charge is -2.22. The van der Waals surface area contributed by atoms with Crippen LogP contribution in [-0.4, -0.2) is 29.7 Å². The Hall–Kier alpha value is -3.44. The molecule has 2 heterocycles. The van der Waals surface area contributed by atoms with Crippen molar-refractivity contribution in [2.24, 2.45) is 5.92 Å². The Bertz CT molecular complexity index is 1160.